The van der Waals surface area contributed by atoms with Crippen molar-refractivity contribution in [3.05, 3.63) is 111 Å². The Balaban J connectivity index is 1.26. The van der Waals surface area contributed by atoms with E-state index in [1.165, 1.54) is 18.2 Å². The van der Waals surface area contributed by atoms with Crippen molar-refractivity contribution in [2.24, 2.45) is 0 Å². The lowest BCUT2D eigenvalue weighted by atomic mass is 10.0. The number of esters is 1. The van der Waals surface area contributed by atoms with Gasteiger partial charge < -0.3 is 13.9 Å². The van der Waals surface area contributed by atoms with Crippen molar-refractivity contribution in [2.45, 2.75) is 18.2 Å². The molecule has 5 rings (SSSR count). The van der Waals surface area contributed by atoms with Crippen LogP contribution < -0.4 is 10.4 Å². The van der Waals surface area contributed by atoms with Crippen LogP contribution in [0.15, 0.2) is 92.5 Å². The standard InChI is InChI=1S/C31H25FO6S/c1-19-26(15-20-3-8-24(9-4-20)39(2)35)25-10-6-22(32)17-28(25)27(19)18-31(34)37-14-13-36-23-7-11-29-21(16-23)5-12-30(33)38-29/h3-12,15-17H,13-14,18H2,1-2H3/b26-15-. The van der Waals surface area contributed by atoms with Gasteiger partial charge in [-0.25, -0.2) is 9.18 Å². The Morgan fingerprint density at radius 1 is 0.974 bits per heavy atom. The first-order valence-corrected chi connectivity index (χ1v) is 13.8. The smallest absolute Gasteiger partial charge is 0.336 e. The minimum Gasteiger partial charge on any atom is -0.490 e. The van der Waals surface area contributed by atoms with Gasteiger partial charge in [-0.2, -0.15) is 0 Å². The molecule has 198 valence electrons. The maximum Gasteiger partial charge on any atom is 0.336 e. The van der Waals surface area contributed by atoms with Crippen LogP contribution in [-0.4, -0.2) is 29.6 Å². The van der Waals surface area contributed by atoms with Gasteiger partial charge in [0.05, 0.1) is 6.42 Å². The van der Waals surface area contributed by atoms with Gasteiger partial charge in [0.1, 0.15) is 30.4 Å². The summed E-state index contributed by atoms with van der Waals surface area (Å²) in [6.45, 7) is 2.09. The van der Waals surface area contributed by atoms with Crippen LogP contribution in [0.2, 0.25) is 0 Å². The molecule has 8 heteroatoms. The third-order valence-corrected chi connectivity index (χ3v) is 7.44. The zero-order valence-corrected chi connectivity index (χ0v) is 22.2. The number of allylic oxidation sites excluding steroid dienone is 2. The number of rotatable bonds is 8. The normalized spacial score (nSPS) is 14.5. The van der Waals surface area contributed by atoms with Gasteiger partial charge in [0.25, 0.3) is 0 Å². The van der Waals surface area contributed by atoms with Gasteiger partial charge in [-0.3, -0.25) is 9.00 Å². The lowest BCUT2D eigenvalue weighted by molar-refractivity contribution is -0.143. The van der Waals surface area contributed by atoms with Gasteiger partial charge in [-0.15, -0.1) is 0 Å². The summed E-state index contributed by atoms with van der Waals surface area (Å²) in [4.78, 5) is 24.8. The number of fused-ring (bicyclic) bond motifs is 2. The van der Waals surface area contributed by atoms with E-state index in [1.54, 1.807) is 36.6 Å². The minimum absolute atomic E-state index is 0.0115. The summed E-state index contributed by atoms with van der Waals surface area (Å²) in [6, 6.07) is 20.0. The first-order chi connectivity index (χ1) is 18.8. The van der Waals surface area contributed by atoms with Crippen LogP contribution in [-0.2, 0) is 20.3 Å². The number of benzene rings is 3. The second-order valence-corrected chi connectivity index (χ2v) is 10.5. The largest absolute Gasteiger partial charge is 0.490 e. The van der Waals surface area contributed by atoms with E-state index in [0.29, 0.717) is 22.5 Å². The fourth-order valence-corrected chi connectivity index (χ4v) is 5.07. The van der Waals surface area contributed by atoms with E-state index >= 15 is 0 Å². The molecule has 6 nitrogen and oxygen atoms in total. The molecule has 0 spiro atoms. The molecule has 1 aromatic heterocycles. The number of hydrogen-bond donors (Lipinski definition) is 0. The molecule has 0 bridgehead atoms. The highest BCUT2D eigenvalue weighted by Crippen LogP contribution is 2.44. The third-order valence-electron chi connectivity index (χ3n) is 6.50. The molecule has 1 unspecified atom stereocenters. The quantitative estimate of drug-likeness (QED) is 0.154. The van der Waals surface area contributed by atoms with E-state index in [-0.39, 0.29) is 25.5 Å². The summed E-state index contributed by atoms with van der Waals surface area (Å²) in [6.07, 6.45) is 3.60. The number of ether oxygens (including phenoxy) is 2. The Morgan fingerprint density at radius 3 is 2.54 bits per heavy atom. The summed E-state index contributed by atoms with van der Waals surface area (Å²) >= 11 is 0. The molecule has 4 aromatic rings. The molecule has 0 amide bonds. The fourth-order valence-electron chi connectivity index (χ4n) is 4.55. The van der Waals surface area contributed by atoms with Crippen LogP contribution in [0.1, 0.15) is 30.0 Å². The second kappa shape index (κ2) is 11.2. The topological polar surface area (TPSA) is 82.8 Å². The number of carbonyl (C=O) groups excluding carboxylic acids is 1. The minimum atomic E-state index is -1.07. The van der Waals surface area contributed by atoms with E-state index < -0.39 is 22.4 Å². The van der Waals surface area contributed by atoms with Crippen LogP contribution in [0.4, 0.5) is 4.39 Å². The maximum atomic E-state index is 14.2. The molecule has 1 aliphatic carbocycles. The van der Waals surface area contributed by atoms with E-state index in [1.807, 2.05) is 37.3 Å². The lowest BCUT2D eigenvalue weighted by Crippen LogP contribution is -2.12. The predicted octanol–water partition coefficient (Wildman–Crippen LogP) is 6.01. The average Bonchev–Trinajstić information content (AvgIpc) is 3.16. The number of carbonyl (C=O) groups is 1. The Hall–Kier alpha value is -4.30. The van der Waals surface area contributed by atoms with Crippen LogP contribution in [0.25, 0.3) is 28.2 Å². The maximum absolute atomic E-state index is 14.2. The third kappa shape index (κ3) is 5.91. The molecule has 1 heterocycles. The Bertz CT molecular complexity index is 1720. The molecule has 0 saturated carbocycles. The average molecular weight is 545 g/mol. The van der Waals surface area contributed by atoms with Gasteiger partial charge in [-0.1, -0.05) is 18.2 Å². The highest BCUT2D eigenvalue weighted by molar-refractivity contribution is 7.84. The van der Waals surface area contributed by atoms with Gasteiger partial charge in [0, 0.05) is 33.4 Å². The highest BCUT2D eigenvalue weighted by atomic mass is 32.2. The van der Waals surface area contributed by atoms with Gasteiger partial charge >= 0.3 is 11.6 Å². The van der Waals surface area contributed by atoms with Crippen molar-refractivity contribution in [3.8, 4) is 5.75 Å². The van der Waals surface area contributed by atoms with Crippen LogP contribution in [0.3, 0.4) is 0 Å². The summed E-state index contributed by atoms with van der Waals surface area (Å²) in [5, 5.41) is 0.721. The zero-order chi connectivity index (χ0) is 27.5. The molecule has 0 N–H and O–H groups in total. The van der Waals surface area contributed by atoms with Crippen molar-refractivity contribution < 1.29 is 27.3 Å². The molecule has 1 atom stereocenters. The molecule has 0 radical (unpaired) electrons. The lowest BCUT2D eigenvalue weighted by Gasteiger charge is -2.09. The molecule has 3 aromatic carbocycles. The van der Waals surface area contributed by atoms with Crippen molar-refractivity contribution >= 4 is 45.0 Å². The monoisotopic (exact) mass is 544 g/mol. The van der Waals surface area contributed by atoms with Crippen molar-refractivity contribution in [1.82, 2.24) is 0 Å². The van der Waals surface area contributed by atoms with Crippen molar-refractivity contribution in [1.29, 1.82) is 0 Å². The summed E-state index contributed by atoms with van der Waals surface area (Å²) in [5.41, 5.74) is 4.93. The van der Waals surface area contributed by atoms with Crippen LogP contribution in [0.5, 0.6) is 5.75 Å². The van der Waals surface area contributed by atoms with E-state index in [9.17, 15) is 18.2 Å². The first kappa shape index (κ1) is 26.3. The molecule has 1 aliphatic rings. The van der Waals surface area contributed by atoms with Gasteiger partial charge in [0.15, 0.2) is 0 Å². The van der Waals surface area contributed by atoms with Crippen LogP contribution in [0, 0.1) is 5.82 Å². The predicted molar refractivity (Wildman–Crippen MR) is 149 cm³/mol. The summed E-state index contributed by atoms with van der Waals surface area (Å²) < 4.78 is 42.1. The SMILES string of the molecule is CC1=C(CC(=O)OCCOc2ccc3oc(=O)ccc3c2)c2cc(F)ccc2/C1=C\c1ccc(S(C)=O)cc1. The van der Waals surface area contributed by atoms with E-state index in [0.717, 1.165) is 32.6 Å². The zero-order valence-electron chi connectivity index (χ0n) is 21.4. The molecule has 0 saturated heterocycles. The molecule has 39 heavy (non-hydrogen) atoms. The molecule has 0 fully saturated rings. The summed E-state index contributed by atoms with van der Waals surface area (Å²) in [5.74, 6) is -0.273. The Labute approximate surface area is 226 Å². The van der Waals surface area contributed by atoms with Crippen LogP contribution >= 0.6 is 0 Å². The highest BCUT2D eigenvalue weighted by Gasteiger charge is 2.26. The van der Waals surface area contributed by atoms with Crippen molar-refractivity contribution in [3.63, 3.8) is 0 Å². The molecular formula is C31H25FO6S. The Morgan fingerprint density at radius 2 is 1.77 bits per heavy atom. The number of halogens is 1. The first-order valence-electron chi connectivity index (χ1n) is 12.3. The Kier molecular flexibility index (Phi) is 7.56. The fraction of sp³-hybridized carbons (Fsp3) is 0.161. The summed E-state index contributed by atoms with van der Waals surface area (Å²) in [7, 11) is -1.07. The van der Waals surface area contributed by atoms with Gasteiger partial charge in [0.2, 0.25) is 0 Å². The molecule has 0 aliphatic heterocycles. The second-order valence-electron chi connectivity index (χ2n) is 9.07. The van der Waals surface area contributed by atoms with Crippen molar-refractivity contribution in [2.75, 3.05) is 19.5 Å². The van der Waals surface area contributed by atoms with Gasteiger partial charge in [-0.05, 0) is 94.9 Å². The van der Waals surface area contributed by atoms with E-state index in [2.05, 4.69) is 0 Å². The number of hydrogen-bond acceptors (Lipinski definition) is 6. The molecular weight excluding hydrogens is 519 g/mol. The van der Waals surface area contributed by atoms with E-state index in [4.69, 9.17) is 13.9 Å².